The minimum atomic E-state index is -2.79. The molecule has 0 aliphatic rings. The highest BCUT2D eigenvalue weighted by Crippen LogP contribution is 2.32. The smallest absolute Gasteiger partial charge is 0.310 e. The van der Waals surface area contributed by atoms with E-state index in [0.29, 0.717) is 0 Å². The summed E-state index contributed by atoms with van der Waals surface area (Å²) in [7, 11) is 2.50. The molecule has 0 saturated carbocycles. The van der Waals surface area contributed by atoms with E-state index in [2.05, 4.69) is 9.72 Å². The van der Waals surface area contributed by atoms with Gasteiger partial charge in [0.1, 0.15) is 5.75 Å². The van der Waals surface area contributed by atoms with Crippen molar-refractivity contribution in [3.63, 3.8) is 0 Å². The molecule has 7 heteroatoms. The van der Waals surface area contributed by atoms with Crippen LogP contribution in [-0.4, -0.2) is 25.2 Å². The molecule has 0 saturated heterocycles. The Bertz CT molecular complexity index is 439. The lowest BCUT2D eigenvalue weighted by Crippen LogP contribution is -2.14. The molecule has 0 aliphatic heterocycles. The van der Waals surface area contributed by atoms with Gasteiger partial charge < -0.3 is 15.2 Å². The number of nitrogens with zero attached hydrogens (tertiary/aromatic N) is 1. The first kappa shape index (κ1) is 14.3. The van der Waals surface area contributed by atoms with E-state index in [1.54, 1.807) is 0 Å². The standard InChI is InChI=1S/C11H14F2N2O3/c1-17-8-5-15-7(4-14)10(11(12)13)6(8)3-9(16)18-2/h5,11H,3-4,14H2,1-2H3. The maximum atomic E-state index is 13.0. The zero-order valence-corrected chi connectivity index (χ0v) is 10.1. The molecule has 1 aromatic rings. The van der Waals surface area contributed by atoms with Gasteiger partial charge in [0.05, 0.1) is 32.5 Å². The SMILES string of the molecule is COC(=O)Cc1c(OC)cnc(CN)c1C(F)F. The van der Waals surface area contributed by atoms with Crippen LogP contribution in [0.1, 0.15) is 23.2 Å². The highest BCUT2D eigenvalue weighted by molar-refractivity contribution is 5.74. The van der Waals surface area contributed by atoms with Crippen LogP contribution in [0.25, 0.3) is 0 Å². The topological polar surface area (TPSA) is 74.4 Å². The normalized spacial score (nSPS) is 10.6. The minimum Gasteiger partial charge on any atom is -0.495 e. The molecule has 5 nitrogen and oxygen atoms in total. The van der Waals surface area contributed by atoms with Gasteiger partial charge in [-0.15, -0.1) is 0 Å². The number of carbonyl (C=O) groups is 1. The van der Waals surface area contributed by atoms with Gasteiger partial charge in [-0.25, -0.2) is 8.78 Å². The molecule has 0 bridgehead atoms. The van der Waals surface area contributed by atoms with Gasteiger partial charge in [-0.05, 0) is 0 Å². The zero-order valence-electron chi connectivity index (χ0n) is 10.1. The maximum absolute atomic E-state index is 13.0. The van der Waals surface area contributed by atoms with Crippen LogP contribution in [0.2, 0.25) is 0 Å². The number of alkyl halides is 2. The molecule has 2 N–H and O–H groups in total. The number of ether oxygens (including phenoxy) is 2. The van der Waals surface area contributed by atoms with Crippen molar-refractivity contribution in [3.05, 3.63) is 23.0 Å². The molecule has 0 unspecified atom stereocenters. The zero-order chi connectivity index (χ0) is 13.7. The van der Waals surface area contributed by atoms with Crippen molar-refractivity contribution < 1.29 is 23.0 Å². The number of halogens is 2. The predicted molar refractivity (Wildman–Crippen MR) is 59.4 cm³/mol. The average molecular weight is 260 g/mol. The number of methoxy groups -OCH3 is 2. The van der Waals surface area contributed by atoms with Crippen LogP contribution in [-0.2, 0) is 22.5 Å². The third kappa shape index (κ3) is 2.92. The molecule has 18 heavy (non-hydrogen) atoms. The lowest BCUT2D eigenvalue weighted by molar-refractivity contribution is -0.139. The monoisotopic (exact) mass is 260 g/mol. The third-order valence-electron chi connectivity index (χ3n) is 2.45. The highest BCUT2D eigenvalue weighted by Gasteiger charge is 2.24. The van der Waals surface area contributed by atoms with Crippen LogP contribution < -0.4 is 10.5 Å². The van der Waals surface area contributed by atoms with Gasteiger partial charge in [-0.3, -0.25) is 9.78 Å². The van der Waals surface area contributed by atoms with Crippen LogP contribution >= 0.6 is 0 Å². The van der Waals surface area contributed by atoms with Crippen molar-refractivity contribution in [1.82, 2.24) is 4.98 Å². The van der Waals surface area contributed by atoms with Crippen LogP contribution in [0.3, 0.4) is 0 Å². The molecule has 1 aromatic heterocycles. The van der Waals surface area contributed by atoms with Crippen LogP contribution in [0.15, 0.2) is 6.20 Å². The molecule has 0 aromatic carbocycles. The van der Waals surface area contributed by atoms with Crippen molar-refractivity contribution in [2.45, 2.75) is 19.4 Å². The van der Waals surface area contributed by atoms with Gasteiger partial charge in [0.15, 0.2) is 0 Å². The Morgan fingerprint density at radius 3 is 2.61 bits per heavy atom. The number of hydrogen-bond donors (Lipinski definition) is 1. The number of nitrogens with two attached hydrogens (primary N) is 1. The summed E-state index contributed by atoms with van der Waals surface area (Å²) in [6.07, 6.45) is -1.83. The lowest BCUT2D eigenvalue weighted by Gasteiger charge is -2.15. The van der Waals surface area contributed by atoms with Gasteiger partial charge in [-0.1, -0.05) is 0 Å². The van der Waals surface area contributed by atoms with E-state index in [1.807, 2.05) is 0 Å². The molecule has 0 amide bonds. The third-order valence-corrected chi connectivity index (χ3v) is 2.45. The second kappa shape index (κ2) is 6.25. The highest BCUT2D eigenvalue weighted by atomic mass is 19.3. The van der Waals surface area contributed by atoms with Gasteiger partial charge in [-0.2, -0.15) is 0 Å². The summed E-state index contributed by atoms with van der Waals surface area (Å²) < 4.78 is 35.5. The molecule has 0 radical (unpaired) electrons. The van der Waals surface area contributed by atoms with Gasteiger partial charge in [0, 0.05) is 17.7 Å². The Kier molecular flexibility index (Phi) is 4.96. The van der Waals surface area contributed by atoms with Crippen molar-refractivity contribution in [2.75, 3.05) is 14.2 Å². The molecular formula is C11H14F2N2O3. The molecule has 0 fully saturated rings. The maximum Gasteiger partial charge on any atom is 0.310 e. The molecule has 1 rings (SSSR count). The van der Waals surface area contributed by atoms with E-state index in [9.17, 15) is 13.6 Å². The first-order valence-corrected chi connectivity index (χ1v) is 5.14. The number of hydrogen-bond acceptors (Lipinski definition) is 5. The quantitative estimate of drug-likeness (QED) is 0.805. The van der Waals surface area contributed by atoms with Crippen molar-refractivity contribution in [1.29, 1.82) is 0 Å². The molecule has 0 atom stereocenters. The van der Waals surface area contributed by atoms with Crippen molar-refractivity contribution >= 4 is 5.97 Å². The van der Waals surface area contributed by atoms with Gasteiger partial charge in [0.25, 0.3) is 6.43 Å². The predicted octanol–water partition coefficient (Wildman–Crippen LogP) is 1.20. The lowest BCUT2D eigenvalue weighted by atomic mass is 10.0. The first-order valence-electron chi connectivity index (χ1n) is 5.14. The average Bonchev–Trinajstić information content (AvgIpc) is 2.37. The summed E-state index contributed by atoms with van der Waals surface area (Å²) in [5.74, 6) is -0.516. The fourth-order valence-corrected chi connectivity index (χ4v) is 1.59. The largest absolute Gasteiger partial charge is 0.495 e. The van der Waals surface area contributed by atoms with Crippen molar-refractivity contribution in [3.8, 4) is 5.75 Å². The number of aromatic nitrogens is 1. The molecule has 1 heterocycles. The molecule has 0 aliphatic carbocycles. The Labute approximate surface area is 103 Å². The van der Waals surface area contributed by atoms with Crippen LogP contribution in [0.4, 0.5) is 8.78 Å². The van der Waals surface area contributed by atoms with Crippen molar-refractivity contribution in [2.24, 2.45) is 5.73 Å². The van der Waals surface area contributed by atoms with Gasteiger partial charge >= 0.3 is 5.97 Å². The van der Waals surface area contributed by atoms with E-state index < -0.39 is 12.4 Å². The molecule has 0 spiro atoms. The Balaban J connectivity index is 3.35. The number of pyridine rings is 1. The summed E-state index contributed by atoms with van der Waals surface area (Å²) >= 11 is 0. The second-order valence-corrected chi connectivity index (χ2v) is 3.42. The minimum absolute atomic E-state index is 0.0460. The summed E-state index contributed by atoms with van der Waals surface area (Å²) in [5, 5.41) is 0. The number of rotatable bonds is 5. The van der Waals surface area contributed by atoms with E-state index in [-0.39, 0.29) is 35.5 Å². The van der Waals surface area contributed by atoms with E-state index in [1.165, 1.54) is 20.4 Å². The van der Waals surface area contributed by atoms with E-state index in [4.69, 9.17) is 10.5 Å². The number of carbonyl (C=O) groups excluding carboxylic acids is 1. The molecular weight excluding hydrogens is 246 g/mol. The Hall–Kier alpha value is -1.76. The molecule has 100 valence electrons. The fraction of sp³-hybridized carbons (Fsp3) is 0.455. The summed E-state index contributed by atoms with van der Waals surface area (Å²) in [6.45, 7) is -0.141. The fourth-order valence-electron chi connectivity index (χ4n) is 1.59. The Morgan fingerprint density at radius 1 is 1.50 bits per heavy atom. The summed E-state index contributed by atoms with van der Waals surface area (Å²) in [4.78, 5) is 15.1. The number of esters is 1. The first-order chi connectivity index (χ1) is 8.54. The summed E-state index contributed by atoms with van der Waals surface area (Å²) in [5.41, 5.74) is 5.11. The van der Waals surface area contributed by atoms with Crippen LogP contribution in [0.5, 0.6) is 5.75 Å². The van der Waals surface area contributed by atoms with E-state index >= 15 is 0 Å². The van der Waals surface area contributed by atoms with Gasteiger partial charge in [0.2, 0.25) is 0 Å². The van der Waals surface area contributed by atoms with E-state index in [0.717, 1.165) is 0 Å². The second-order valence-electron chi connectivity index (χ2n) is 3.42. The Morgan fingerprint density at radius 2 is 2.17 bits per heavy atom. The summed E-state index contributed by atoms with van der Waals surface area (Å²) in [6, 6.07) is 0. The van der Waals surface area contributed by atoms with Crippen LogP contribution in [0, 0.1) is 0 Å².